The quantitative estimate of drug-likeness (QED) is 0.854. The molecule has 0 atom stereocenters. The molecule has 0 aliphatic heterocycles. The Kier molecular flexibility index (Phi) is 4.31. The van der Waals surface area contributed by atoms with Gasteiger partial charge in [-0.25, -0.2) is 9.97 Å². The zero-order valence-electron chi connectivity index (χ0n) is 10.4. The molecule has 2 aromatic rings. The Balaban J connectivity index is 2.27. The van der Waals surface area contributed by atoms with Gasteiger partial charge in [0.1, 0.15) is 11.5 Å². The van der Waals surface area contributed by atoms with Crippen LogP contribution >= 0.6 is 31.9 Å². The highest BCUT2D eigenvalue weighted by Gasteiger charge is 2.12. The number of rotatable bonds is 2. The maximum atomic E-state index is 12.1. The van der Waals surface area contributed by atoms with Crippen LogP contribution in [0, 0.1) is 13.8 Å². The predicted octanol–water partition coefficient (Wildman–Crippen LogP) is 3.87. The Bertz CT molecular complexity index is 644. The lowest BCUT2D eigenvalue weighted by Gasteiger charge is -2.08. The molecule has 0 bridgehead atoms. The molecule has 0 fully saturated rings. The van der Waals surface area contributed by atoms with E-state index in [9.17, 15) is 4.79 Å². The Morgan fingerprint density at radius 2 is 1.89 bits per heavy atom. The molecule has 2 aromatic heterocycles. The first-order valence-electron chi connectivity index (χ1n) is 5.55. The Hall–Kier alpha value is -1.27. The molecule has 98 valence electrons. The standard InChI is InChI=1S/C13H11Br2N3O/c1-7-4-3-5-11(16-7)13(19)18-12-10(15)6-9(14)8(2)17-12/h3-6H,1-2H3,(H,17,18,19). The van der Waals surface area contributed by atoms with Crippen LogP contribution in [0.2, 0.25) is 0 Å². The number of hydrogen-bond acceptors (Lipinski definition) is 3. The highest BCUT2D eigenvalue weighted by molar-refractivity contribution is 9.11. The van der Waals surface area contributed by atoms with E-state index in [1.165, 1.54) is 0 Å². The number of carbonyl (C=O) groups excluding carboxylic acids is 1. The minimum Gasteiger partial charge on any atom is -0.304 e. The molecule has 1 amide bonds. The highest BCUT2D eigenvalue weighted by Crippen LogP contribution is 2.26. The summed E-state index contributed by atoms with van der Waals surface area (Å²) in [5.41, 5.74) is 1.97. The number of aryl methyl sites for hydroxylation is 2. The fraction of sp³-hybridized carbons (Fsp3) is 0.154. The molecule has 0 aliphatic carbocycles. The zero-order chi connectivity index (χ0) is 14.0. The van der Waals surface area contributed by atoms with Crippen molar-refractivity contribution >= 4 is 43.6 Å². The Labute approximate surface area is 127 Å². The topological polar surface area (TPSA) is 54.9 Å². The van der Waals surface area contributed by atoms with Crippen molar-refractivity contribution < 1.29 is 4.79 Å². The zero-order valence-corrected chi connectivity index (χ0v) is 13.5. The summed E-state index contributed by atoms with van der Waals surface area (Å²) in [5.74, 6) is 0.202. The van der Waals surface area contributed by atoms with Crippen LogP contribution in [0.15, 0.2) is 33.2 Å². The summed E-state index contributed by atoms with van der Waals surface area (Å²) in [6, 6.07) is 7.16. The number of pyridine rings is 2. The van der Waals surface area contributed by atoms with Gasteiger partial charge in [-0.1, -0.05) is 6.07 Å². The van der Waals surface area contributed by atoms with Crippen molar-refractivity contribution in [3.63, 3.8) is 0 Å². The maximum absolute atomic E-state index is 12.1. The lowest BCUT2D eigenvalue weighted by Crippen LogP contribution is -2.15. The summed E-state index contributed by atoms with van der Waals surface area (Å²) in [7, 11) is 0. The van der Waals surface area contributed by atoms with Gasteiger partial charge < -0.3 is 5.32 Å². The number of nitrogens with one attached hydrogen (secondary N) is 1. The van der Waals surface area contributed by atoms with Gasteiger partial charge in [-0.05, 0) is 63.9 Å². The lowest BCUT2D eigenvalue weighted by atomic mass is 10.3. The van der Waals surface area contributed by atoms with Crippen LogP contribution in [0.25, 0.3) is 0 Å². The second kappa shape index (κ2) is 5.79. The second-order valence-corrected chi connectivity index (χ2v) is 5.71. The molecular formula is C13H11Br2N3O. The van der Waals surface area contributed by atoms with Gasteiger partial charge in [0.25, 0.3) is 5.91 Å². The number of hydrogen-bond donors (Lipinski definition) is 1. The summed E-state index contributed by atoms with van der Waals surface area (Å²) in [5, 5.41) is 2.74. The third-order valence-corrected chi connectivity index (χ3v) is 3.86. The molecule has 6 heteroatoms. The molecule has 19 heavy (non-hydrogen) atoms. The summed E-state index contributed by atoms with van der Waals surface area (Å²) in [4.78, 5) is 20.5. The third-order valence-electron chi connectivity index (χ3n) is 2.46. The number of aromatic nitrogens is 2. The van der Waals surface area contributed by atoms with E-state index in [0.717, 1.165) is 15.9 Å². The van der Waals surface area contributed by atoms with E-state index in [1.54, 1.807) is 12.1 Å². The average Bonchev–Trinajstić information content (AvgIpc) is 2.36. The molecule has 4 nitrogen and oxygen atoms in total. The summed E-state index contributed by atoms with van der Waals surface area (Å²) in [6.45, 7) is 3.70. The van der Waals surface area contributed by atoms with Gasteiger partial charge in [-0.15, -0.1) is 0 Å². The van der Waals surface area contributed by atoms with Gasteiger partial charge in [0.05, 0.1) is 10.2 Å². The van der Waals surface area contributed by atoms with Gasteiger partial charge in [0, 0.05) is 10.2 Å². The van der Waals surface area contributed by atoms with Crippen molar-refractivity contribution in [3.8, 4) is 0 Å². The average molecular weight is 385 g/mol. The van der Waals surface area contributed by atoms with Crippen molar-refractivity contribution in [2.75, 3.05) is 5.32 Å². The fourth-order valence-electron chi connectivity index (χ4n) is 1.49. The number of amides is 1. The van der Waals surface area contributed by atoms with Crippen LogP contribution in [0.5, 0.6) is 0 Å². The predicted molar refractivity (Wildman–Crippen MR) is 81.3 cm³/mol. The molecule has 0 saturated carbocycles. The smallest absolute Gasteiger partial charge is 0.275 e. The molecular weight excluding hydrogens is 374 g/mol. The summed E-state index contributed by atoms with van der Waals surface area (Å²) < 4.78 is 1.59. The number of halogens is 2. The van der Waals surface area contributed by atoms with E-state index in [4.69, 9.17) is 0 Å². The first-order valence-corrected chi connectivity index (χ1v) is 7.13. The minimum atomic E-state index is -0.279. The largest absolute Gasteiger partial charge is 0.304 e. The molecule has 0 spiro atoms. The van der Waals surface area contributed by atoms with Gasteiger partial charge >= 0.3 is 0 Å². The maximum Gasteiger partial charge on any atom is 0.275 e. The summed E-state index contributed by atoms with van der Waals surface area (Å²) in [6.07, 6.45) is 0. The molecule has 0 aliphatic rings. The fourth-order valence-corrected chi connectivity index (χ4v) is 2.53. The first-order chi connectivity index (χ1) is 8.97. The normalized spacial score (nSPS) is 10.3. The van der Waals surface area contributed by atoms with Crippen LogP contribution in [-0.4, -0.2) is 15.9 Å². The van der Waals surface area contributed by atoms with Crippen molar-refractivity contribution in [1.82, 2.24) is 9.97 Å². The molecule has 0 radical (unpaired) electrons. The molecule has 0 saturated heterocycles. The third kappa shape index (κ3) is 3.39. The number of anilines is 1. The van der Waals surface area contributed by atoms with Crippen LogP contribution in [0.1, 0.15) is 21.9 Å². The summed E-state index contributed by atoms with van der Waals surface area (Å²) >= 11 is 6.75. The Morgan fingerprint density at radius 3 is 2.58 bits per heavy atom. The van der Waals surface area contributed by atoms with E-state index in [2.05, 4.69) is 47.1 Å². The van der Waals surface area contributed by atoms with Crippen molar-refractivity contribution in [1.29, 1.82) is 0 Å². The molecule has 2 rings (SSSR count). The number of carbonyl (C=O) groups is 1. The Morgan fingerprint density at radius 1 is 1.16 bits per heavy atom. The van der Waals surface area contributed by atoms with Gasteiger partial charge in [-0.2, -0.15) is 0 Å². The van der Waals surface area contributed by atoms with Crippen LogP contribution in [-0.2, 0) is 0 Å². The lowest BCUT2D eigenvalue weighted by molar-refractivity contribution is 0.102. The molecule has 2 heterocycles. The van der Waals surface area contributed by atoms with E-state index in [-0.39, 0.29) is 5.91 Å². The van der Waals surface area contributed by atoms with Crippen LogP contribution in [0.3, 0.4) is 0 Å². The monoisotopic (exact) mass is 383 g/mol. The highest BCUT2D eigenvalue weighted by atomic mass is 79.9. The SMILES string of the molecule is Cc1cccc(C(=O)Nc2nc(C)c(Br)cc2Br)n1. The van der Waals surface area contributed by atoms with Crippen molar-refractivity contribution in [2.45, 2.75) is 13.8 Å². The second-order valence-electron chi connectivity index (χ2n) is 4.00. The molecule has 1 N–H and O–H groups in total. The number of nitrogens with zero attached hydrogens (tertiary/aromatic N) is 2. The van der Waals surface area contributed by atoms with E-state index in [0.29, 0.717) is 16.0 Å². The molecule has 0 aromatic carbocycles. The van der Waals surface area contributed by atoms with E-state index < -0.39 is 0 Å². The van der Waals surface area contributed by atoms with Gasteiger partial charge in [-0.3, -0.25) is 4.79 Å². The minimum absolute atomic E-state index is 0.279. The van der Waals surface area contributed by atoms with E-state index >= 15 is 0 Å². The van der Waals surface area contributed by atoms with Crippen molar-refractivity contribution in [2.24, 2.45) is 0 Å². The van der Waals surface area contributed by atoms with Gasteiger partial charge in [0.15, 0.2) is 0 Å². The molecule has 0 unspecified atom stereocenters. The van der Waals surface area contributed by atoms with Crippen LogP contribution < -0.4 is 5.32 Å². The van der Waals surface area contributed by atoms with Gasteiger partial charge in [0.2, 0.25) is 0 Å². The van der Waals surface area contributed by atoms with Crippen molar-refractivity contribution in [3.05, 3.63) is 50.3 Å². The van der Waals surface area contributed by atoms with E-state index in [1.807, 2.05) is 26.0 Å². The first kappa shape index (κ1) is 14.1. The van der Waals surface area contributed by atoms with Crippen LogP contribution in [0.4, 0.5) is 5.82 Å².